The Labute approximate surface area is 277 Å². The first-order valence-electron chi connectivity index (χ1n) is 17.9. The van der Waals surface area contributed by atoms with Crippen molar-refractivity contribution in [2.75, 3.05) is 12.4 Å². The van der Waals surface area contributed by atoms with Crippen LogP contribution in [0.3, 0.4) is 0 Å². The van der Waals surface area contributed by atoms with Gasteiger partial charge in [-0.3, -0.25) is 5.32 Å². The van der Waals surface area contributed by atoms with Gasteiger partial charge in [0.05, 0.1) is 7.11 Å². The summed E-state index contributed by atoms with van der Waals surface area (Å²) < 4.78 is 17.7. The van der Waals surface area contributed by atoms with Gasteiger partial charge < -0.3 is 14.2 Å². The second-order valence-electron chi connectivity index (χ2n) is 13.3. The number of nitrogens with one attached hydrogen (secondary N) is 1. The first-order valence-corrected chi connectivity index (χ1v) is 17.9. The molecule has 0 bridgehead atoms. The fraction of sp³-hybridized carbons (Fsp3) is 0.675. The smallest absolute Gasteiger partial charge is 0.411 e. The maximum absolute atomic E-state index is 11.4. The van der Waals surface area contributed by atoms with Crippen LogP contribution in [-0.2, 0) is 11.2 Å². The summed E-state index contributed by atoms with van der Waals surface area (Å²) in [5.74, 6) is 5.10. The first kappa shape index (κ1) is 40.3. The molecule has 1 N–H and O–H groups in total. The number of benzene rings is 2. The van der Waals surface area contributed by atoms with Crippen LogP contribution < -0.4 is 14.8 Å². The molecule has 0 radical (unpaired) electrons. The van der Waals surface area contributed by atoms with Crippen molar-refractivity contribution in [3.05, 3.63) is 47.0 Å². The third-order valence-electron chi connectivity index (χ3n) is 8.84. The number of amides is 1. The van der Waals surface area contributed by atoms with Gasteiger partial charge in [-0.15, -0.1) is 0 Å². The minimum Gasteiger partial charge on any atom is -0.487 e. The van der Waals surface area contributed by atoms with Crippen LogP contribution in [0.15, 0.2) is 30.3 Å². The topological polar surface area (TPSA) is 56.8 Å². The van der Waals surface area contributed by atoms with Crippen molar-refractivity contribution < 1.29 is 19.0 Å². The zero-order valence-corrected chi connectivity index (χ0v) is 31.0. The molecular weight excluding hydrogens is 558 g/mol. The fourth-order valence-electron chi connectivity index (χ4n) is 6.10. The third kappa shape index (κ3) is 14.1. The number of carbonyl (C=O) groups excluding carboxylic acids is 1. The number of carbonyl (C=O) groups is 1. The minimum absolute atomic E-state index is 0.110. The Morgan fingerprint density at radius 2 is 1.44 bits per heavy atom. The monoisotopic (exact) mass is 626 g/mol. The zero-order valence-electron chi connectivity index (χ0n) is 31.0. The van der Waals surface area contributed by atoms with Crippen molar-refractivity contribution >= 4 is 11.8 Å². The van der Waals surface area contributed by atoms with Crippen molar-refractivity contribution in [1.82, 2.24) is 0 Å². The van der Waals surface area contributed by atoms with E-state index in [9.17, 15) is 4.79 Å². The van der Waals surface area contributed by atoms with Gasteiger partial charge in [-0.2, -0.15) is 0 Å². The summed E-state index contributed by atoms with van der Waals surface area (Å²) in [4.78, 5) is 11.4. The summed E-state index contributed by atoms with van der Waals surface area (Å²) >= 11 is 0. The molecule has 3 atom stereocenters. The van der Waals surface area contributed by atoms with E-state index in [0.29, 0.717) is 5.69 Å². The van der Waals surface area contributed by atoms with Gasteiger partial charge in [0.15, 0.2) is 0 Å². The van der Waals surface area contributed by atoms with E-state index in [0.717, 1.165) is 65.4 Å². The molecule has 1 heterocycles. The molecule has 2 aromatic carbocycles. The molecule has 3 rings (SSSR count). The Balaban J connectivity index is 0.00000243. The van der Waals surface area contributed by atoms with Crippen LogP contribution in [-0.4, -0.2) is 18.8 Å². The average molecular weight is 626 g/mol. The van der Waals surface area contributed by atoms with Crippen molar-refractivity contribution in [2.24, 2.45) is 17.8 Å². The number of rotatable bonds is 15. The average Bonchev–Trinajstić information content (AvgIpc) is 3.01. The summed E-state index contributed by atoms with van der Waals surface area (Å²) in [6.07, 6.45) is 13.4. The Bertz CT molecular complexity index is 1110. The molecule has 5 nitrogen and oxygen atoms in total. The van der Waals surface area contributed by atoms with Crippen molar-refractivity contribution in [2.45, 2.75) is 152 Å². The number of fused-ring (bicyclic) bond motifs is 1. The summed E-state index contributed by atoms with van der Waals surface area (Å²) in [5, 5.41) is 2.66. The summed E-state index contributed by atoms with van der Waals surface area (Å²) in [6.45, 7) is 24.0. The second-order valence-corrected chi connectivity index (χ2v) is 13.3. The SMILES string of the molecule is CC.CC.COC(=O)Nc1ccc(Oc2c(C)cc3c(c2C)CCC(C)(CCCC(C)CCCC(C)CCCC(C)C)O3)cc1. The highest BCUT2D eigenvalue weighted by Gasteiger charge is 2.33. The lowest BCUT2D eigenvalue weighted by atomic mass is 9.85. The number of hydrogen-bond donors (Lipinski definition) is 1. The lowest BCUT2D eigenvalue weighted by molar-refractivity contribution is 0.0520. The molecule has 1 amide bonds. The van der Waals surface area contributed by atoms with Crippen LogP contribution in [0, 0.1) is 31.6 Å². The van der Waals surface area contributed by atoms with Crippen LogP contribution >= 0.6 is 0 Å². The van der Waals surface area contributed by atoms with Crippen molar-refractivity contribution in [3.8, 4) is 17.2 Å². The van der Waals surface area contributed by atoms with E-state index < -0.39 is 6.09 Å². The highest BCUT2D eigenvalue weighted by molar-refractivity contribution is 5.84. The fourth-order valence-corrected chi connectivity index (χ4v) is 6.10. The quantitative estimate of drug-likeness (QED) is 0.214. The lowest BCUT2D eigenvalue weighted by Gasteiger charge is -2.37. The van der Waals surface area contributed by atoms with Gasteiger partial charge in [0.1, 0.15) is 22.8 Å². The maximum atomic E-state index is 11.4. The van der Waals surface area contributed by atoms with Crippen LogP contribution in [0.4, 0.5) is 10.5 Å². The summed E-state index contributed by atoms with van der Waals surface area (Å²) in [6, 6.07) is 9.47. The molecule has 0 saturated heterocycles. The normalized spacial score (nSPS) is 16.6. The van der Waals surface area contributed by atoms with E-state index in [2.05, 4.69) is 64.6 Å². The Morgan fingerprint density at radius 1 is 0.889 bits per heavy atom. The highest BCUT2D eigenvalue weighted by atomic mass is 16.5. The Hall–Kier alpha value is -2.69. The van der Waals surface area contributed by atoms with E-state index in [1.165, 1.54) is 64.0 Å². The van der Waals surface area contributed by atoms with Crippen LogP contribution in [0.5, 0.6) is 17.2 Å². The van der Waals surface area contributed by atoms with E-state index >= 15 is 0 Å². The molecule has 0 aliphatic carbocycles. The molecule has 0 fully saturated rings. The molecule has 1 aliphatic rings. The molecular formula is C40H67NO4. The molecule has 0 spiro atoms. The molecule has 1 aliphatic heterocycles. The second kappa shape index (κ2) is 21.2. The predicted molar refractivity (Wildman–Crippen MR) is 193 cm³/mol. The van der Waals surface area contributed by atoms with Crippen molar-refractivity contribution in [3.63, 3.8) is 0 Å². The maximum Gasteiger partial charge on any atom is 0.411 e. The first-order chi connectivity index (χ1) is 21.5. The van der Waals surface area contributed by atoms with Gasteiger partial charge in [-0.05, 0) is 106 Å². The Kier molecular flexibility index (Phi) is 19.0. The molecule has 0 saturated carbocycles. The largest absolute Gasteiger partial charge is 0.487 e. The van der Waals surface area contributed by atoms with Crippen molar-refractivity contribution in [1.29, 1.82) is 0 Å². The summed E-state index contributed by atoms with van der Waals surface area (Å²) in [5.41, 5.74) is 4.01. The van der Waals surface area contributed by atoms with Crippen LogP contribution in [0.25, 0.3) is 0 Å². The van der Waals surface area contributed by atoms with Crippen LogP contribution in [0.2, 0.25) is 0 Å². The number of aryl methyl sites for hydroxylation is 1. The van der Waals surface area contributed by atoms with E-state index in [1.54, 1.807) is 12.1 Å². The van der Waals surface area contributed by atoms with Gasteiger partial charge in [-0.25, -0.2) is 4.79 Å². The third-order valence-corrected chi connectivity index (χ3v) is 8.84. The van der Waals surface area contributed by atoms with Gasteiger partial charge in [0, 0.05) is 11.3 Å². The zero-order chi connectivity index (χ0) is 34.0. The number of ether oxygens (including phenoxy) is 3. The molecule has 0 aromatic heterocycles. The van der Waals surface area contributed by atoms with Gasteiger partial charge in [-0.1, -0.05) is 100 Å². The molecule has 256 valence electrons. The van der Waals surface area contributed by atoms with Gasteiger partial charge in [0.25, 0.3) is 0 Å². The molecule has 3 unspecified atom stereocenters. The summed E-state index contributed by atoms with van der Waals surface area (Å²) in [7, 11) is 1.35. The highest BCUT2D eigenvalue weighted by Crippen LogP contribution is 2.43. The predicted octanol–water partition coefficient (Wildman–Crippen LogP) is 12.8. The molecule has 45 heavy (non-hydrogen) atoms. The van der Waals surface area contributed by atoms with E-state index in [4.69, 9.17) is 9.47 Å². The van der Waals surface area contributed by atoms with Crippen LogP contribution in [0.1, 0.15) is 143 Å². The number of anilines is 1. The van der Waals surface area contributed by atoms with E-state index in [-0.39, 0.29) is 5.60 Å². The minimum atomic E-state index is -0.491. The molecule has 5 heteroatoms. The van der Waals surface area contributed by atoms with E-state index in [1.807, 2.05) is 39.8 Å². The number of methoxy groups -OCH3 is 1. The number of hydrogen-bond acceptors (Lipinski definition) is 4. The lowest BCUT2D eigenvalue weighted by Crippen LogP contribution is -2.36. The molecule has 2 aromatic rings. The standard InChI is InChI=1S/C36H55NO4.2C2H6/c1-25(2)12-9-13-26(3)14-10-15-27(4)16-11-22-36(7)23-21-32-29(6)34(28(5)24-33(32)41-36)40-31-19-17-30(18-20-31)37-35(38)39-8;2*1-2/h17-20,24-27H,9-16,21-23H2,1-8H3,(H,37,38);2*1-2H3. The Morgan fingerprint density at radius 3 is 2.00 bits per heavy atom. The van der Waals surface area contributed by atoms with Gasteiger partial charge >= 0.3 is 6.09 Å². The van der Waals surface area contributed by atoms with Gasteiger partial charge in [0.2, 0.25) is 0 Å².